The van der Waals surface area contributed by atoms with Gasteiger partial charge in [-0.05, 0) is 48.5 Å². The maximum atomic E-state index is 12.4. The molecule has 0 radical (unpaired) electrons. The van der Waals surface area contributed by atoms with Crippen LogP contribution in [0.4, 0.5) is 5.69 Å². The lowest BCUT2D eigenvalue weighted by atomic mass is 10.2. The minimum absolute atomic E-state index is 0.00775. The van der Waals surface area contributed by atoms with Crippen LogP contribution in [-0.2, 0) is 14.8 Å². The van der Waals surface area contributed by atoms with E-state index in [-0.39, 0.29) is 23.5 Å². The van der Waals surface area contributed by atoms with E-state index >= 15 is 0 Å². The first-order chi connectivity index (χ1) is 13.4. The van der Waals surface area contributed by atoms with Gasteiger partial charge >= 0.3 is 0 Å². The zero-order valence-corrected chi connectivity index (χ0v) is 15.9. The lowest BCUT2D eigenvalue weighted by Gasteiger charge is -2.10. The molecule has 0 aliphatic rings. The second kappa shape index (κ2) is 9.43. The van der Waals surface area contributed by atoms with Gasteiger partial charge in [-0.25, -0.2) is 8.42 Å². The highest BCUT2D eigenvalue weighted by Crippen LogP contribution is 2.19. The fourth-order valence-corrected chi connectivity index (χ4v) is 3.19. The predicted molar refractivity (Wildman–Crippen MR) is 104 cm³/mol. The van der Waals surface area contributed by atoms with Crippen LogP contribution in [0, 0.1) is 12.3 Å². The van der Waals surface area contributed by atoms with Crippen molar-refractivity contribution in [1.29, 1.82) is 0 Å². The summed E-state index contributed by atoms with van der Waals surface area (Å²) in [6, 6.07) is 11.7. The molecule has 0 atom stereocenters. The van der Waals surface area contributed by atoms with Crippen molar-refractivity contribution in [2.45, 2.75) is 4.90 Å². The summed E-state index contributed by atoms with van der Waals surface area (Å²) in [6.07, 6.45) is 5.02. The summed E-state index contributed by atoms with van der Waals surface area (Å²) in [5, 5.41) is 4.83. The van der Waals surface area contributed by atoms with Crippen LogP contribution >= 0.6 is 0 Å². The fraction of sp³-hybridized carbons (Fsp3) is 0.158. The van der Waals surface area contributed by atoms with Crippen molar-refractivity contribution < 1.29 is 22.7 Å². The first-order valence-corrected chi connectivity index (χ1v) is 9.59. The molecule has 0 bridgehead atoms. The van der Waals surface area contributed by atoms with E-state index in [9.17, 15) is 18.0 Å². The molecule has 0 aliphatic heterocycles. The van der Waals surface area contributed by atoms with Gasteiger partial charge in [-0.1, -0.05) is 5.92 Å². The highest BCUT2D eigenvalue weighted by atomic mass is 32.2. The minimum Gasteiger partial charge on any atom is -0.497 e. The smallest absolute Gasteiger partial charge is 0.261 e. The zero-order valence-electron chi connectivity index (χ0n) is 15.1. The largest absolute Gasteiger partial charge is 0.497 e. The number of amides is 2. The molecule has 2 rings (SSSR count). The number of hydrogen-bond acceptors (Lipinski definition) is 5. The first kappa shape index (κ1) is 20.8. The van der Waals surface area contributed by atoms with Crippen LogP contribution in [0.2, 0.25) is 0 Å². The van der Waals surface area contributed by atoms with Gasteiger partial charge in [0.1, 0.15) is 5.75 Å². The number of terminal acetylenes is 1. The van der Waals surface area contributed by atoms with Gasteiger partial charge in [-0.2, -0.15) is 0 Å². The highest BCUT2D eigenvalue weighted by molar-refractivity contribution is 7.92. The molecule has 0 saturated heterocycles. The van der Waals surface area contributed by atoms with Gasteiger partial charge in [-0.3, -0.25) is 14.3 Å². The van der Waals surface area contributed by atoms with Crippen molar-refractivity contribution in [2.24, 2.45) is 0 Å². The second-order valence-electron chi connectivity index (χ2n) is 5.52. The van der Waals surface area contributed by atoms with Crippen molar-refractivity contribution >= 4 is 27.5 Å². The third kappa shape index (κ3) is 5.75. The molecule has 0 aliphatic carbocycles. The van der Waals surface area contributed by atoms with Crippen LogP contribution in [0.1, 0.15) is 10.4 Å². The van der Waals surface area contributed by atoms with E-state index in [2.05, 4.69) is 21.3 Å². The van der Waals surface area contributed by atoms with Gasteiger partial charge in [0.05, 0.1) is 25.1 Å². The molecule has 0 saturated carbocycles. The maximum Gasteiger partial charge on any atom is 0.261 e. The number of carbonyl (C=O) groups is 2. The summed E-state index contributed by atoms with van der Waals surface area (Å²) in [5.74, 6) is 1.92. The first-order valence-electron chi connectivity index (χ1n) is 8.11. The molecule has 0 aromatic heterocycles. The molecule has 0 heterocycles. The monoisotopic (exact) mass is 401 g/mol. The molecule has 28 heavy (non-hydrogen) atoms. The zero-order chi connectivity index (χ0) is 20.6. The Hall–Kier alpha value is -3.51. The molecule has 0 fully saturated rings. The lowest BCUT2D eigenvalue weighted by Crippen LogP contribution is -2.37. The molecule has 0 unspecified atom stereocenters. The molecule has 3 N–H and O–H groups in total. The minimum atomic E-state index is -3.82. The number of hydrogen-bond donors (Lipinski definition) is 3. The van der Waals surface area contributed by atoms with Crippen molar-refractivity contribution in [2.75, 3.05) is 24.9 Å². The molecule has 2 aromatic carbocycles. The van der Waals surface area contributed by atoms with E-state index in [0.29, 0.717) is 11.4 Å². The van der Waals surface area contributed by atoms with Gasteiger partial charge in [0.25, 0.3) is 15.9 Å². The van der Waals surface area contributed by atoms with Gasteiger partial charge in [0.2, 0.25) is 5.91 Å². The van der Waals surface area contributed by atoms with Crippen LogP contribution in [0.5, 0.6) is 5.75 Å². The van der Waals surface area contributed by atoms with Gasteiger partial charge in [0.15, 0.2) is 0 Å². The number of benzene rings is 2. The maximum absolute atomic E-state index is 12.4. The average molecular weight is 401 g/mol. The summed E-state index contributed by atoms with van der Waals surface area (Å²) in [5.41, 5.74) is 0.591. The van der Waals surface area contributed by atoms with Gasteiger partial charge < -0.3 is 15.4 Å². The SMILES string of the molecule is C#CCNC(=O)CNC(=O)c1ccc(S(=O)(=O)Nc2ccc(OC)cc2)cc1. The quantitative estimate of drug-likeness (QED) is 0.571. The molecular weight excluding hydrogens is 382 g/mol. The number of carbonyl (C=O) groups excluding carboxylic acids is 2. The molecular formula is C19H19N3O5S. The second-order valence-corrected chi connectivity index (χ2v) is 7.20. The Kier molecular flexibility index (Phi) is 7.01. The normalized spacial score (nSPS) is 10.4. The number of rotatable bonds is 8. The van der Waals surface area contributed by atoms with Crippen LogP contribution in [-0.4, -0.2) is 40.4 Å². The number of anilines is 1. The predicted octanol–water partition coefficient (Wildman–Crippen LogP) is 0.975. The van der Waals surface area contributed by atoms with E-state index in [1.165, 1.54) is 31.4 Å². The number of nitrogens with one attached hydrogen (secondary N) is 3. The van der Waals surface area contributed by atoms with E-state index in [4.69, 9.17) is 11.2 Å². The highest BCUT2D eigenvalue weighted by Gasteiger charge is 2.15. The van der Waals surface area contributed by atoms with Crippen LogP contribution < -0.4 is 20.1 Å². The molecule has 9 heteroatoms. The fourth-order valence-electron chi connectivity index (χ4n) is 2.13. The molecule has 146 valence electrons. The average Bonchev–Trinajstić information content (AvgIpc) is 2.70. The molecule has 2 amide bonds. The summed E-state index contributed by atoms with van der Waals surface area (Å²) in [4.78, 5) is 23.4. The number of ether oxygens (including phenoxy) is 1. The Morgan fingerprint density at radius 3 is 2.25 bits per heavy atom. The van der Waals surface area contributed by atoms with Crippen molar-refractivity contribution in [3.63, 3.8) is 0 Å². The molecule has 0 spiro atoms. The van der Waals surface area contributed by atoms with Gasteiger partial charge in [0, 0.05) is 11.3 Å². The summed E-state index contributed by atoms with van der Waals surface area (Å²) >= 11 is 0. The Labute approximate surface area is 163 Å². The Bertz CT molecular complexity index is 978. The van der Waals surface area contributed by atoms with Crippen LogP contribution in [0.15, 0.2) is 53.4 Å². The molecule has 2 aromatic rings. The van der Waals surface area contributed by atoms with Crippen LogP contribution in [0.25, 0.3) is 0 Å². The number of sulfonamides is 1. The third-order valence-corrected chi connectivity index (χ3v) is 4.96. The Balaban J connectivity index is 2.00. The number of methoxy groups -OCH3 is 1. The topological polar surface area (TPSA) is 114 Å². The standard InChI is InChI=1S/C19H19N3O5S/c1-3-12-20-18(23)13-21-19(24)14-4-10-17(11-5-14)28(25,26)22-15-6-8-16(27-2)9-7-15/h1,4-11,22H,12-13H2,2H3,(H,20,23)(H,21,24). The van der Waals surface area contributed by atoms with E-state index < -0.39 is 21.8 Å². The molecule has 8 nitrogen and oxygen atoms in total. The third-order valence-electron chi connectivity index (χ3n) is 3.57. The van der Waals surface area contributed by atoms with E-state index in [1.807, 2.05) is 0 Å². The van der Waals surface area contributed by atoms with E-state index in [1.54, 1.807) is 24.3 Å². The van der Waals surface area contributed by atoms with Crippen molar-refractivity contribution in [3.05, 3.63) is 54.1 Å². The summed E-state index contributed by atoms with van der Waals surface area (Å²) in [6.45, 7) is -0.165. The summed E-state index contributed by atoms with van der Waals surface area (Å²) in [7, 11) is -2.30. The summed E-state index contributed by atoms with van der Waals surface area (Å²) < 4.78 is 32.3. The van der Waals surface area contributed by atoms with E-state index in [0.717, 1.165) is 0 Å². The van der Waals surface area contributed by atoms with Crippen LogP contribution in [0.3, 0.4) is 0 Å². The Morgan fingerprint density at radius 1 is 1.04 bits per heavy atom. The lowest BCUT2D eigenvalue weighted by molar-refractivity contribution is -0.119. The van der Waals surface area contributed by atoms with Gasteiger partial charge in [-0.15, -0.1) is 6.42 Å². The van der Waals surface area contributed by atoms with Crippen molar-refractivity contribution in [1.82, 2.24) is 10.6 Å². The van der Waals surface area contributed by atoms with Crippen molar-refractivity contribution in [3.8, 4) is 18.1 Å². The Morgan fingerprint density at radius 2 is 1.68 bits per heavy atom.